The number of carbonyl (C=O) groups excluding carboxylic acids is 2. The minimum Gasteiger partial charge on any atom is -0.339 e. The van der Waals surface area contributed by atoms with Crippen molar-refractivity contribution < 1.29 is 9.59 Å². The van der Waals surface area contributed by atoms with Crippen LogP contribution in [-0.2, 0) is 9.59 Å². The minimum absolute atomic E-state index is 0.154. The Morgan fingerprint density at radius 3 is 1.94 bits per heavy atom. The molecule has 3 aliphatic rings. The molecule has 1 amide bonds. The zero-order valence-electron chi connectivity index (χ0n) is 20.3. The van der Waals surface area contributed by atoms with Gasteiger partial charge in [0.2, 0.25) is 5.91 Å². The summed E-state index contributed by atoms with van der Waals surface area (Å²) in [4.78, 5) is 32.4. The second kappa shape index (κ2) is 9.61. The van der Waals surface area contributed by atoms with E-state index in [4.69, 9.17) is 0 Å². The highest BCUT2D eigenvalue weighted by molar-refractivity contribution is 5.91. The van der Waals surface area contributed by atoms with Crippen molar-refractivity contribution in [1.82, 2.24) is 20.0 Å². The third kappa shape index (κ3) is 4.42. The Morgan fingerprint density at radius 2 is 1.44 bits per heavy atom. The van der Waals surface area contributed by atoms with E-state index in [1.54, 1.807) is 0 Å². The first-order valence-corrected chi connectivity index (χ1v) is 12.6. The second-order valence-electron chi connectivity index (χ2n) is 10.3. The fraction of sp³-hybridized carbons (Fsp3) is 0.500. The molecule has 4 unspecified atom stereocenters. The summed E-state index contributed by atoms with van der Waals surface area (Å²) in [5.74, 6) is -0.0470. The summed E-state index contributed by atoms with van der Waals surface area (Å²) in [5.41, 5.74) is 1.96. The SMILES string of the molecule is CC1CN(C(=O)C2CC2(C=O)N2CCN(C(c3ccccc3)c3ccccc3)CC2)CC(C)N1. The molecule has 2 aromatic rings. The summed E-state index contributed by atoms with van der Waals surface area (Å²) in [6, 6.07) is 22.1. The largest absolute Gasteiger partial charge is 0.339 e. The quantitative estimate of drug-likeness (QED) is 0.672. The number of hydrogen-bond acceptors (Lipinski definition) is 5. The van der Waals surface area contributed by atoms with Crippen molar-refractivity contribution in [2.45, 2.75) is 43.9 Å². The third-order valence-corrected chi connectivity index (χ3v) is 7.84. The number of benzene rings is 2. The molecule has 2 aromatic carbocycles. The molecule has 1 N–H and O–H groups in total. The standard InChI is InChI=1S/C28H36N4O2/c1-21-18-31(19-22(2)29-21)27(34)25-17-28(25,20-33)32-15-13-30(14-16-32)26(23-9-5-3-6-10-23)24-11-7-4-8-12-24/h3-12,20-22,25-26,29H,13-19H2,1-2H3. The molecular weight excluding hydrogens is 424 g/mol. The van der Waals surface area contributed by atoms with E-state index in [0.29, 0.717) is 6.42 Å². The van der Waals surface area contributed by atoms with Crippen molar-refractivity contribution in [3.63, 3.8) is 0 Å². The number of aldehydes is 1. The lowest BCUT2D eigenvalue weighted by atomic mass is 9.96. The Kier molecular flexibility index (Phi) is 6.56. The molecule has 3 fully saturated rings. The van der Waals surface area contributed by atoms with Crippen LogP contribution in [0.4, 0.5) is 0 Å². The number of carbonyl (C=O) groups is 2. The molecule has 0 spiro atoms. The van der Waals surface area contributed by atoms with Gasteiger partial charge < -0.3 is 15.0 Å². The summed E-state index contributed by atoms with van der Waals surface area (Å²) < 4.78 is 0. The molecule has 2 heterocycles. The van der Waals surface area contributed by atoms with Gasteiger partial charge in [-0.1, -0.05) is 60.7 Å². The van der Waals surface area contributed by atoms with E-state index in [2.05, 4.69) is 89.6 Å². The van der Waals surface area contributed by atoms with E-state index in [0.717, 1.165) is 45.6 Å². The molecule has 2 saturated heterocycles. The molecule has 6 nitrogen and oxygen atoms in total. The van der Waals surface area contributed by atoms with E-state index in [1.165, 1.54) is 11.1 Å². The predicted octanol–water partition coefficient (Wildman–Crippen LogP) is 2.56. The van der Waals surface area contributed by atoms with Crippen LogP contribution < -0.4 is 5.32 Å². The Morgan fingerprint density at radius 1 is 0.912 bits per heavy atom. The van der Waals surface area contributed by atoms with Gasteiger partial charge in [-0.05, 0) is 31.4 Å². The number of rotatable bonds is 6. The van der Waals surface area contributed by atoms with Crippen LogP contribution in [0.25, 0.3) is 0 Å². The fourth-order valence-electron chi connectivity index (χ4n) is 6.13. The maximum atomic E-state index is 13.3. The van der Waals surface area contributed by atoms with Gasteiger partial charge in [0, 0.05) is 51.4 Å². The number of nitrogens with one attached hydrogen (secondary N) is 1. The Hall–Kier alpha value is -2.54. The molecule has 34 heavy (non-hydrogen) atoms. The number of nitrogens with zero attached hydrogens (tertiary/aromatic N) is 3. The molecule has 4 atom stereocenters. The zero-order valence-corrected chi connectivity index (χ0v) is 20.3. The van der Waals surface area contributed by atoms with Gasteiger partial charge in [0.05, 0.1) is 17.5 Å². The normalized spacial score (nSPS) is 30.3. The van der Waals surface area contributed by atoms with Crippen LogP contribution in [0.5, 0.6) is 0 Å². The molecular formula is C28H36N4O2. The van der Waals surface area contributed by atoms with Gasteiger partial charge in [0.1, 0.15) is 6.29 Å². The summed E-state index contributed by atoms with van der Waals surface area (Å²) in [6.07, 6.45) is 1.72. The van der Waals surface area contributed by atoms with Crippen molar-refractivity contribution in [3.8, 4) is 0 Å². The van der Waals surface area contributed by atoms with E-state index < -0.39 is 5.54 Å². The van der Waals surface area contributed by atoms with Gasteiger partial charge >= 0.3 is 0 Å². The molecule has 5 rings (SSSR count). The molecule has 1 aliphatic carbocycles. The van der Waals surface area contributed by atoms with Crippen molar-refractivity contribution in [2.75, 3.05) is 39.3 Å². The van der Waals surface area contributed by atoms with Gasteiger partial charge in [0.15, 0.2) is 0 Å². The van der Waals surface area contributed by atoms with Gasteiger partial charge in [-0.3, -0.25) is 14.6 Å². The predicted molar refractivity (Wildman–Crippen MR) is 133 cm³/mol. The first kappa shape index (κ1) is 23.2. The van der Waals surface area contributed by atoms with Crippen molar-refractivity contribution in [1.29, 1.82) is 0 Å². The summed E-state index contributed by atoms with van der Waals surface area (Å²) in [6.45, 7) is 9.01. The smallest absolute Gasteiger partial charge is 0.228 e. The van der Waals surface area contributed by atoms with Gasteiger partial charge in [-0.25, -0.2) is 0 Å². The lowest BCUT2D eigenvalue weighted by Gasteiger charge is -2.42. The monoisotopic (exact) mass is 460 g/mol. The highest BCUT2D eigenvalue weighted by Gasteiger charge is 2.63. The van der Waals surface area contributed by atoms with Crippen LogP contribution in [0, 0.1) is 5.92 Å². The molecule has 0 aromatic heterocycles. The molecule has 1 saturated carbocycles. The van der Waals surface area contributed by atoms with Crippen LogP contribution in [0.2, 0.25) is 0 Å². The topological polar surface area (TPSA) is 55.9 Å². The molecule has 0 radical (unpaired) electrons. The molecule has 6 heteroatoms. The zero-order chi connectivity index (χ0) is 23.7. The number of amides is 1. The number of piperazine rings is 2. The van der Waals surface area contributed by atoms with E-state index >= 15 is 0 Å². The van der Waals surface area contributed by atoms with Crippen molar-refractivity contribution in [3.05, 3.63) is 71.8 Å². The third-order valence-electron chi connectivity index (χ3n) is 7.84. The average Bonchev–Trinajstić information content (AvgIpc) is 3.61. The Labute approximate surface area is 202 Å². The van der Waals surface area contributed by atoms with Crippen LogP contribution in [-0.4, -0.2) is 83.8 Å². The van der Waals surface area contributed by atoms with Crippen LogP contribution in [0.15, 0.2) is 60.7 Å². The van der Waals surface area contributed by atoms with Crippen LogP contribution >= 0.6 is 0 Å². The minimum atomic E-state index is -0.616. The first-order valence-electron chi connectivity index (χ1n) is 12.6. The Balaban J connectivity index is 1.28. The highest BCUT2D eigenvalue weighted by atomic mass is 16.2. The van der Waals surface area contributed by atoms with E-state index in [9.17, 15) is 9.59 Å². The molecule has 0 bridgehead atoms. The highest BCUT2D eigenvalue weighted by Crippen LogP contribution is 2.49. The number of hydrogen-bond donors (Lipinski definition) is 1. The Bertz CT molecular complexity index is 942. The maximum Gasteiger partial charge on any atom is 0.228 e. The summed E-state index contributed by atoms with van der Waals surface area (Å²) >= 11 is 0. The molecule has 180 valence electrons. The second-order valence-corrected chi connectivity index (χ2v) is 10.3. The maximum absolute atomic E-state index is 13.3. The lowest BCUT2D eigenvalue weighted by Crippen LogP contribution is -2.58. The summed E-state index contributed by atoms with van der Waals surface area (Å²) in [5, 5.41) is 3.48. The fourth-order valence-corrected chi connectivity index (χ4v) is 6.13. The van der Waals surface area contributed by atoms with Gasteiger partial charge in [0.25, 0.3) is 0 Å². The molecule has 2 aliphatic heterocycles. The van der Waals surface area contributed by atoms with Gasteiger partial charge in [-0.15, -0.1) is 0 Å². The average molecular weight is 461 g/mol. The van der Waals surface area contributed by atoms with E-state index in [1.807, 2.05) is 4.90 Å². The lowest BCUT2D eigenvalue weighted by molar-refractivity contribution is -0.137. The first-order chi connectivity index (χ1) is 16.5. The van der Waals surface area contributed by atoms with Crippen LogP contribution in [0.1, 0.15) is 37.4 Å². The van der Waals surface area contributed by atoms with Gasteiger partial charge in [-0.2, -0.15) is 0 Å². The van der Waals surface area contributed by atoms with Crippen molar-refractivity contribution in [2.24, 2.45) is 5.92 Å². The van der Waals surface area contributed by atoms with Crippen LogP contribution in [0.3, 0.4) is 0 Å². The van der Waals surface area contributed by atoms with Crippen molar-refractivity contribution >= 4 is 12.2 Å². The summed E-state index contributed by atoms with van der Waals surface area (Å²) in [7, 11) is 0. The van der Waals surface area contributed by atoms with E-state index in [-0.39, 0.29) is 30.0 Å².